The first-order valence-corrected chi connectivity index (χ1v) is 9.71. The second-order valence-corrected chi connectivity index (χ2v) is 9.19. The van der Waals surface area contributed by atoms with Gasteiger partial charge in [0.1, 0.15) is 0 Å². The van der Waals surface area contributed by atoms with Crippen molar-refractivity contribution in [2.75, 3.05) is 4.90 Å². The summed E-state index contributed by atoms with van der Waals surface area (Å²) in [6.45, 7) is 8.07. The van der Waals surface area contributed by atoms with Crippen molar-refractivity contribution in [1.82, 2.24) is 0 Å². The molecule has 27 heavy (non-hydrogen) atoms. The molecule has 140 valence electrons. The molecule has 0 unspecified atom stereocenters. The number of nitrogens with zero attached hydrogens (tertiary/aromatic N) is 1. The Bertz CT molecular complexity index is 813. The maximum absolute atomic E-state index is 12.9. The third kappa shape index (κ3) is 2.26. The van der Waals surface area contributed by atoms with Crippen molar-refractivity contribution in [1.29, 1.82) is 0 Å². The predicted octanol–water partition coefficient (Wildman–Crippen LogP) is 2.30. The average Bonchev–Trinajstić information content (AvgIpc) is 3.32. The van der Waals surface area contributed by atoms with Crippen LogP contribution in [-0.2, 0) is 18.9 Å². The van der Waals surface area contributed by atoms with Crippen molar-refractivity contribution in [3.8, 4) is 0 Å². The minimum atomic E-state index is -0.451. The first-order valence-electron chi connectivity index (χ1n) is 9.71. The molecular formula is C21H24BNO4. The maximum atomic E-state index is 12.9. The van der Waals surface area contributed by atoms with E-state index in [1.165, 1.54) is 4.90 Å². The lowest BCUT2D eigenvalue weighted by molar-refractivity contribution is -0.123. The molecule has 2 aliphatic carbocycles. The average molecular weight is 365 g/mol. The number of hydrogen-bond donors (Lipinski definition) is 0. The highest BCUT2D eigenvalue weighted by molar-refractivity contribution is 6.62. The van der Waals surface area contributed by atoms with E-state index in [2.05, 4.69) is 12.2 Å². The smallest absolute Gasteiger partial charge is 0.399 e. The summed E-state index contributed by atoms with van der Waals surface area (Å²) in [6, 6.07) is 7.43. The fourth-order valence-electron chi connectivity index (χ4n) is 4.92. The van der Waals surface area contributed by atoms with Gasteiger partial charge in [-0.1, -0.05) is 24.3 Å². The van der Waals surface area contributed by atoms with Crippen LogP contribution in [0.15, 0.2) is 36.4 Å². The standard InChI is InChI=1S/C21H24BNO4/c1-20(2)21(3,4)27-22(26-20)14-7-9-15(10-8-14)23-18(24)16-12-5-6-13(11-12)17(16)19(23)25/h5-10,12-13,16-17H,11H2,1-4H3/t12-,13+,16+,17-. The number of carbonyl (C=O) groups excluding carboxylic acids is 2. The molecule has 2 amide bonds. The molecule has 0 N–H and O–H groups in total. The Morgan fingerprint density at radius 1 is 0.889 bits per heavy atom. The third-order valence-electron chi connectivity index (χ3n) is 7.15. The zero-order chi connectivity index (χ0) is 19.1. The van der Waals surface area contributed by atoms with E-state index in [1.807, 2.05) is 52.0 Å². The van der Waals surface area contributed by atoms with Gasteiger partial charge in [0, 0.05) is 0 Å². The van der Waals surface area contributed by atoms with E-state index in [1.54, 1.807) is 0 Å². The molecule has 6 heteroatoms. The largest absolute Gasteiger partial charge is 0.494 e. The van der Waals surface area contributed by atoms with Crippen LogP contribution in [0.3, 0.4) is 0 Å². The molecule has 0 radical (unpaired) electrons. The summed E-state index contributed by atoms with van der Waals surface area (Å²) in [7, 11) is -0.451. The van der Waals surface area contributed by atoms with Gasteiger partial charge in [-0.25, -0.2) is 0 Å². The molecule has 2 heterocycles. The third-order valence-corrected chi connectivity index (χ3v) is 7.15. The molecule has 1 saturated carbocycles. The Morgan fingerprint density at radius 3 is 1.85 bits per heavy atom. The quantitative estimate of drug-likeness (QED) is 0.459. The molecule has 1 aromatic rings. The van der Waals surface area contributed by atoms with E-state index >= 15 is 0 Å². The van der Waals surface area contributed by atoms with Crippen LogP contribution in [0.25, 0.3) is 0 Å². The van der Waals surface area contributed by atoms with Crippen molar-refractivity contribution < 1.29 is 18.9 Å². The highest BCUT2D eigenvalue weighted by Gasteiger charge is 2.59. The fourth-order valence-corrected chi connectivity index (χ4v) is 4.92. The zero-order valence-corrected chi connectivity index (χ0v) is 16.1. The van der Waals surface area contributed by atoms with E-state index in [0.717, 1.165) is 11.9 Å². The molecule has 0 aromatic heterocycles. The Balaban J connectivity index is 1.39. The number of carbonyl (C=O) groups is 2. The van der Waals surface area contributed by atoms with Crippen LogP contribution in [0.5, 0.6) is 0 Å². The molecular weight excluding hydrogens is 341 g/mol. The zero-order valence-electron chi connectivity index (χ0n) is 16.1. The number of imide groups is 1. The molecule has 0 spiro atoms. The summed E-state index contributed by atoms with van der Waals surface area (Å²) in [5.74, 6) is 0.0111. The Morgan fingerprint density at radius 2 is 1.37 bits per heavy atom. The van der Waals surface area contributed by atoms with E-state index in [9.17, 15) is 9.59 Å². The minimum absolute atomic E-state index is 0.0507. The highest BCUT2D eigenvalue weighted by Crippen LogP contribution is 2.53. The van der Waals surface area contributed by atoms with Gasteiger partial charge in [0.25, 0.3) is 0 Å². The van der Waals surface area contributed by atoms with Gasteiger partial charge in [0.15, 0.2) is 0 Å². The summed E-state index contributed by atoms with van der Waals surface area (Å²) >= 11 is 0. The van der Waals surface area contributed by atoms with Gasteiger partial charge in [-0.15, -0.1) is 0 Å². The number of amides is 2. The van der Waals surface area contributed by atoms with Gasteiger partial charge in [-0.05, 0) is 63.5 Å². The summed E-state index contributed by atoms with van der Waals surface area (Å²) < 4.78 is 12.2. The van der Waals surface area contributed by atoms with Crippen molar-refractivity contribution in [2.45, 2.75) is 45.3 Å². The van der Waals surface area contributed by atoms with Gasteiger partial charge < -0.3 is 9.31 Å². The summed E-state index contributed by atoms with van der Waals surface area (Å²) in [5, 5.41) is 0. The lowest BCUT2D eigenvalue weighted by Crippen LogP contribution is -2.41. The van der Waals surface area contributed by atoms with Crippen molar-refractivity contribution in [2.24, 2.45) is 23.7 Å². The van der Waals surface area contributed by atoms with Gasteiger partial charge in [0.2, 0.25) is 11.8 Å². The molecule has 4 atom stereocenters. The van der Waals surface area contributed by atoms with Crippen molar-refractivity contribution in [3.05, 3.63) is 36.4 Å². The molecule has 3 fully saturated rings. The Kier molecular flexibility index (Phi) is 3.39. The lowest BCUT2D eigenvalue weighted by Gasteiger charge is -2.32. The monoisotopic (exact) mass is 365 g/mol. The molecule has 4 aliphatic rings. The number of benzene rings is 1. The molecule has 5 rings (SSSR count). The second kappa shape index (κ2) is 5.33. The van der Waals surface area contributed by atoms with Crippen LogP contribution in [0.2, 0.25) is 0 Å². The van der Waals surface area contributed by atoms with E-state index in [-0.39, 0.29) is 35.5 Å². The molecule has 2 saturated heterocycles. The van der Waals surface area contributed by atoms with Gasteiger partial charge in [-0.2, -0.15) is 0 Å². The topological polar surface area (TPSA) is 55.8 Å². The molecule has 1 aromatic carbocycles. The lowest BCUT2D eigenvalue weighted by atomic mass is 9.79. The normalized spacial score (nSPS) is 35.4. The minimum Gasteiger partial charge on any atom is -0.399 e. The van der Waals surface area contributed by atoms with Gasteiger partial charge in [-0.3, -0.25) is 14.5 Å². The Labute approximate surface area is 159 Å². The molecule has 2 aliphatic heterocycles. The van der Waals surface area contributed by atoms with Crippen LogP contribution < -0.4 is 10.4 Å². The summed E-state index contributed by atoms with van der Waals surface area (Å²) in [6.07, 6.45) is 5.17. The SMILES string of the molecule is CC1(C)OB(c2ccc(N3C(=O)[C@@H]4[C@H](C3=O)[C@H]3C=C[C@@H]4C3)cc2)OC1(C)C. The van der Waals surface area contributed by atoms with Crippen LogP contribution in [0.4, 0.5) is 5.69 Å². The number of anilines is 1. The number of rotatable bonds is 2. The van der Waals surface area contributed by atoms with Gasteiger partial charge >= 0.3 is 7.12 Å². The predicted molar refractivity (Wildman–Crippen MR) is 102 cm³/mol. The number of allylic oxidation sites excluding steroid dienone is 2. The second-order valence-electron chi connectivity index (χ2n) is 9.19. The van der Waals surface area contributed by atoms with Crippen LogP contribution in [-0.4, -0.2) is 30.1 Å². The van der Waals surface area contributed by atoms with Crippen LogP contribution in [0.1, 0.15) is 34.1 Å². The molecule has 5 nitrogen and oxygen atoms in total. The van der Waals surface area contributed by atoms with Crippen LogP contribution in [0, 0.1) is 23.7 Å². The summed E-state index contributed by atoms with van der Waals surface area (Å²) in [5.41, 5.74) is 0.722. The van der Waals surface area contributed by atoms with Crippen molar-refractivity contribution in [3.63, 3.8) is 0 Å². The maximum Gasteiger partial charge on any atom is 0.494 e. The van der Waals surface area contributed by atoms with E-state index in [0.29, 0.717) is 5.69 Å². The first-order chi connectivity index (χ1) is 12.7. The van der Waals surface area contributed by atoms with Crippen LogP contribution >= 0.6 is 0 Å². The van der Waals surface area contributed by atoms with E-state index in [4.69, 9.17) is 9.31 Å². The number of fused-ring (bicyclic) bond motifs is 5. The van der Waals surface area contributed by atoms with Gasteiger partial charge in [0.05, 0.1) is 28.7 Å². The first kappa shape index (κ1) is 17.2. The Hall–Kier alpha value is -1.92. The number of hydrogen-bond acceptors (Lipinski definition) is 4. The summed E-state index contributed by atoms with van der Waals surface area (Å²) in [4.78, 5) is 27.2. The fraction of sp³-hybridized carbons (Fsp3) is 0.524. The highest BCUT2D eigenvalue weighted by atomic mass is 16.7. The molecule has 2 bridgehead atoms. The van der Waals surface area contributed by atoms with Crippen molar-refractivity contribution >= 4 is 30.1 Å². The van der Waals surface area contributed by atoms with E-state index < -0.39 is 18.3 Å².